The minimum absolute atomic E-state index is 0.426. The Balaban J connectivity index is 1.70. The van der Waals surface area contributed by atoms with Crippen molar-refractivity contribution in [2.24, 2.45) is 11.8 Å². The minimum atomic E-state index is 0.426. The molecular weight excluding hydrogens is 288 g/mol. The van der Waals surface area contributed by atoms with Crippen LogP contribution in [0, 0.1) is 18.8 Å². The van der Waals surface area contributed by atoms with Gasteiger partial charge in [0.15, 0.2) is 0 Å². The fourth-order valence-corrected chi connectivity index (χ4v) is 5.83. The summed E-state index contributed by atoms with van der Waals surface area (Å²) in [6.45, 7) is 7.11. The van der Waals surface area contributed by atoms with Crippen LogP contribution in [0.4, 0.5) is 0 Å². The molecule has 0 heteroatoms. The van der Waals surface area contributed by atoms with Crippen LogP contribution in [0.1, 0.15) is 67.7 Å². The van der Waals surface area contributed by atoms with E-state index in [1.165, 1.54) is 37.7 Å². The third-order valence-electron chi connectivity index (χ3n) is 7.15. The summed E-state index contributed by atoms with van der Waals surface area (Å²) in [4.78, 5) is 0. The number of hydrogen-bond donors (Lipinski definition) is 0. The molecule has 4 rings (SSSR count). The molecule has 0 unspecified atom stereocenters. The zero-order valence-corrected chi connectivity index (χ0v) is 15.4. The molecule has 0 N–H and O–H groups in total. The van der Waals surface area contributed by atoms with E-state index in [9.17, 15) is 0 Å². The highest BCUT2D eigenvalue weighted by Gasteiger charge is 2.48. The van der Waals surface area contributed by atoms with Gasteiger partial charge in [-0.3, -0.25) is 0 Å². The van der Waals surface area contributed by atoms with Gasteiger partial charge in [0.1, 0.15) is 0 Å². The first-order valence-electron chi connectivity index (χ1n) is 9.79. The summed E-state index contributed by atoms with van der Waals surface area (Å²) in [6, 6.07) is 18.6. The average Bonchev–Trinajstić information content (AvgIpc) is 2.62. The van der Waals surface area contributed by atoms with Crippen LogP contribution in [0.5, 0.6) is 0 Å². The van der Waals surface area contributed by atoms with Gasteiger partial charge in [-0.25, -0.2) is 0 Å². The molecule has 1 saturated carbocycles. The lowest BCUT2D eigenvalue weighted by Crippen LogP contribution is -2.45. The van der Waals surface area contributed by atoms with Crippen LogP contribution in [-0.2, 0) is 11.8 Å². The predicted molar refractivity (Wildman–Crippen MR) is 103 cm³/mol. The largest absolute Gasteiger partial charge is 0.0645 e. The Labute approximate surface area is 147 Å². The zero-order chi connectivity index (χ0) is 16.7. The van der Waals surface area contributed by atoms with E-state index < -0.39 is 0 Å². The van der Waals surface area contributed by atoms with Gasteiger partial charge in [-0.15, -0.1) is 0 Å². The molecule has 1 fully saturated rings. The second-order valence-corrected chi connectivity index (χ2v) is 8.34. The van der Waals surface area contributed by atoms with Gasteiger partial charge >= 0.3 is 0 Å². The van der Waals surface area contributed by atoms with Crippen LogP contribution in [-0.4, -0.2) is 0 Å². The molecule has 0 aliphatic heterocycles. The lowest BCUT2D eigenvalue weighted by molar-refractivity contribution is 0.0994. The second kappa shape index (κ2) is 6.06. The first kappa shape index (κ1) is 15.9. The molecular formula is C24H30. The first-order chi connectivity index (χ1) is 11.6. The van der Waals surface area contributed by atoms with Gasteiger partial charge in [-0.1, -0.05) is 67.9 Å². The number of aryl methyl sites for hydroxylation is 2. The maximum Gasteiger partial charge on any atom is -0.00156 e. The van der Waals surface area contributed by atoms with Crippen LogP contribution >= 0.6 is 0 Å². The molecule has 2 aromatic carbocycles. The van der Waals surface area contributed by atoms with Gasteiger partial charge in [-0.05, 0) is 78.9 Å². The van der Waals surface area contributed by atoms with Crippen molar-refractivity contribution in [2.45, 2.75) is 64.2 Å². The van der Waals surface area contributed by atoms with Crippen molar-refractivity contribution >= 4 is 0 Å². The molecule has 0 aromatic heterocycles. The summed E-state index contributed by atoms with van der Waals surface area (Å²) < 4.78 is 0. The maximum atomic E-state index is 2.50. The summed E-state index contributed by atoms with van der Waals surface area (Å²) in [5, 5.41) is 0. The van der Waals surface area contributed by atoms with Crippen molar-refractivity contribution in [1.29, 1.82) is 0 Å². The molecule has 0 saturated heterocycles. The second-order valence-electron chi connectivity index (χ2n) is 8.34. The van der Waals surface area contributed by atoms with Gasteiger partial charge in [-0.2, -0.15) is 0 Å². The van der Waals surface area contributed by atoms with E-state index >= 15 is 0 Å². The van der Waals surface area contributed by atoms with Gasteiger partial charge in [0.05, 0.1) is 0 Å². The average molecular weight is 319 g/mol. The Hall–Kier alpha value is -1.56. The van der Waals surface area contributed by atoms with E-state index in [0.29, 0.717) is 5.41 Å². The summed E-state index contributed by atoms with van der Waals surface area (Å²) in [5.41, 5.74) is 6.66. The summed E-state index contributed by atoms with van der Waals surface area (Å²) in [5.74, 6) is 2.34. The molecule has 0 amide bonds. The molecule has 0 radical (unpaired) electrons. The number of benzene rings is 2. The zero-order valence-electron chi connectivity index (χ0n) is 15.4. The molecule has 0 bridgehead atoms. The van der Waals surface area contributed by atoms with Crippen molar-refractivity contribution in [1.82, 2.24) is 0 Å². The van der Waals surface area contributed by atoms with E-state index in [-0.39, 0.29) is 0 Å². The predicted octanol–water partition coefficient (Wildman–Crippen LogP) is 6.42. The van der Waals surface area contributed by atoms with Gasteiger partial charge in [0.25, 0.3) is 0 Å². The fraction of sp³-hybridized carbons (Fsp3) is 0.500. The summed E-state index contributed by atoms with van der Waals surface area (Å²) >= 11 is 0. The van der Waals surface area contributed by atoms with Crippen molar-refractivity contribution in [3.63, 3.8) is 0 Å². The Morgan fingerprint density at radius 3 is 2.54 bits per heavy atom. The summed E-state index contributed by atoms with van der Waals surface area (Å²) in [7, 11) is 0. The van der Waals surface area contributed by atoms with E-state index in [0.717, 1.165) is 17.8 Å². The monoisotopic (exact) mass is 318 g/mol. The summed E-state index contributed by atoms with van der Waals surface area (Å²) in [6.07, 6.45) is 6.66. The van der Waals surface area contributed by atoms with E-state index in [1.807, 2.05) is 0 Å². The highest BCUT2D eigenvalue weighted by molar-refractivity contribution is 5.39. The molecule has 2 aliphatic carbocycles. The van der Waals surface area contributed by atoms with Crippen molar-refractivity contribution < 1.29 is 0 Å². The Bertz CT molecular complexity index is 711. The quantitative estimate of drug-likeness (QED) is 0.599. The highest BCUT2D eigenvalue weighted by atomic mass is 14.5. The molecule has 2 aliphatic rings. The first-order valence-corrected chi connectivity index (χ1v) is 9.79. The van der Waals surface area contributed by atoms with Crippen LogP contribution in [0.25, 0.3) is 0 Å². The van der Waals surface area contributed by atoms with E-state index in [2.05, 4.69) is 69.3 Å². The number of rotatable bonds is 2. The van der Waals surface area contributed by atoms with Crippen molar-refractivity contribution in [3.05, 3.63) is 70.8 Å². The van der Waals surface area contributed by atoms with Crippen LogP contribution < -0.4 is 0 Å². The van der Waals surface area contributed by atoms with Gasteiger partial charge < -0.3 is 0 Å². The van der Waals surface area contributed by atoms with Gasteiger partial charge in [0, 0.05) is 0 Å². The van der Waals surface area contributed by atoms with Crippen molar-refractivity contribution in [2.75, 3.05) is 0 Å². The highest BCUT2D eigenvalue weighted by Crippen LogP contribution is 2.57. The molecule has 2 aromatic rings. The molecule has 0 heterocycles. The van der Waals surface area contributed by atoms with E-state index in [1.54, 1.807) is 16.7 Å². The third-order valence-corrected chi connectivity index (χ3v) is 7.15. The molecule has 126 valence electrons. The van der Waals surface area contributed by atoms with Crippen LogP contribution in [0.3, 0.4) is 0 Å². The smallest absolute Gasteiger partial charge is 0.00156 e. The van der Waals surface area contributed by atoms with E-state index in [4.69, 9.17) is 0 Å². The van der Waals surface area contributed by atoms with Crippen molar-refractivity contribution in [3.8, 4) is 0 Å². The van der Waals surface area contributed by atoms with Gasteiger partial charge in [0.2, 0.25) is 0 Å². The number of fused-ring (bicyclic) bond motifs is 3. The Morgan fingerprint density at radius 2 is 1.79 bits per heavy atom. The van der Waals surface area contributed by atoms with Crippen LogP contribution in [0.2, 0.25) is 0 Å². The molecule has 0 nitrogen and oxygen atoms in total. The lowest BCUT2D eigenvalue weighted by Gasteiger charge is -2.53. The topological polar surface area (TPSA) is 0 Å². The fourth-order valence-electron chi connectivity index (χ4n) is 5.83. The number of hydrogen-bond acceptors (Lipinski definition) is 0. The molecule has 24 heavy (non-hydrogen) atoms. The minimum Gasteiger partial charge on any atom is -0.0645 e. The van der Waals surface area contributed by atoms with Crippen LogP contribution in [0.15, 0.2) is 48.5 Å². The SMILES string of the molecule is CC[C@@]12C[C@@H](C)[C@H](c3ccc(C)cc3)C[C@H]1CCc1ccccc12. The molecule has 4 atom stereocenters. The third kappa shape index (κ3) is 2.42. The standard InChI is InChI=1S/C24H30/c1-4-24-16-18(3)22(19-11-9-17(2)10-12-19)15-21(24)14-13-20-7-5-6-8-23(20)24/h5-12,18,21-22H,4,13-16H2,1-3H3/t18-,21-,22-,24-/m1/s1. The Kier molecular flexibility index (Phi) is 4.03. The Morgan fingerprint density at radius 1 is 1.04 bits per heavy atom. The molecule has 0 spiro atoms. The normalized spacial score (nSPS) is 32.0. The maximum absolute atomic E-state index is 2.50. The lowest BCUT2D eigenvalue weighted by atomic mass is 9.51.